The maximum absolute atomic E-state index is 9.75. The van der Waals surface area contributed by atoms with Crippen molar-refractivity contribution in [2.24, 2.45) is 11.8 Å². The molecule has 0 N–H and O–H groups in total. The van der Waals surface area contributed by atoms with E-state index in [4.69, 9.17) is 0 Å². The molecule has 0 aliphatic heterocycles. The molecule has 0 unspecified atom stereocenters. The predicted octanol–water partition coefficient (Wildman–Crippen LogP) is 9.56. The second-order valence-electron chi connectivity index (χ2n) is 10.6. The van der Waals surface area contributed by atoms with Crippen molar-refractivity contribution in [2.75, 3.05) is 13.3 Å². The number of hydrogen-bond donors (Lipinski definition) is 0. The van der Waals surface area contributed by atoms with Gasteiger partial charge in [0.15, 0.2) is 0 Å². The van der Waals surface area contributed by atoms with Gasteiger partial charge in [-0.25, -0.2) is 0 Å². The van der Waals surface area contributed by atoms with E-state index >= 15 is 0 Å². The average molecular weight is 672 g/mol. The molecule has 0 amide bonds. The zero-order valence-electron chi connectivity index (χ0n) is 22.5. The summed E-state index contributed by atoms with van der Waals surface area (Å²) in [6, 6.07) is 0. The molecule has 0 heterocycles. The molecule has 4 aliphatic rings. The van der Waals surface area contributed by atoms with Crippen LogP contribution in [0, 0.1) is 74.5 Å². The molecule has 2 saturated carbocycles. The van der Waals surface area contributed by atoms with Gasteiger partial charge in [-0.15, -0.1) is 0 Å². The Kier molecular flexibility index (Phi) is 19.5. The van der Waals surface area contributed by atoms with E-state index in [1.54, 1.807) is 0 Å². The van der Waals surface area contributed by atoms with Crippen LogP contribution in [0.4, 0.5) is 17.3 Å². The van der Waals surface area contributed by atoms with Crippen LogP contribution in [0.25, 0.3) is 0 Å². The Morgan fingerprint density at radius 2 is 0.861 bits per heavy atom. The number of halogens is 4. The van der Waals surface area contributed by atoms with Crippen LogP contribution in [0.1, 0.15) is 48.0 Å². The Morgan fingerprint density at radius 3 is 1.00 bits per heavy atom. The number of hydrogen-bond acceptors (Lipinski definition) is 0. The minimum absolute atomic E-state index is 0. The fourth-order valence-electron chi connectivity index (χ4n) is 3.28. The van der Waals surface area contributed by atoms with Gasteiger partial charge in [-0.1, -0.05) is 81.7 Å². The van der Waals surface area contributed by atoms with Gasteiger partial charge in [-0.2, -0.15) is 0 Å². The first-order valence-corrected chi connectivity index (χ1v) is 15.2. The van der Waals surface area contributed by atoms with Gasteiger partial charge in [-0.3, -0.25) is 0 Å². The van der Waals surface area contributed by atoms with Crippen molar-refractivity contribution >= 4 is 23.1 Å². The quantitative estimate of drug-likeness (QED) is 0.119. The van der Waals surface area contributed by atoms with E-state index in [9.17, 15) is 17.3 Å². The maximum Gasteiger partial charge on any atom is 2.00 e. The van der Waals surface area contributed by atoms with E-state index < -0.39 is 7.25 Å². The van der Waals surface area contributed by atoms with E-state index in [-0.39, 0.29) is 52.4 Å². The van der Waals surface area contributed by atoms with Crippen molar-refractivity contribution in [1.82, 2.24) is 0 Å². The van der Waals surface area contributed by atoms with Crippen LogP contribution >= 0.6 is 15.8 Å². The minimum atomic E-state index is -6.00. The molecule has 36 heavy (non-hydrogen) atoms. The fraction of sp³-hybridized carbons (Fsp3) is 0.481. The fourth-order valence-corrected chi connectivity index (χ4v) is 6.07. The van der Waals surface area contributed by atoms with Gasteiger partial charge in [0, 0.05) is 30.8 Å². The van der Waals surface area contributed by atoms with Gasteiger partial charge in [-0.05, 0) is 93.3 Å². The van der Waals surface area contributed by atoms with Crippen LogP contribution in [0.2, 0.25) is 0 Å². The maximum atomic E-state index is 9.75. The van der Waals surface area contributed by atoms with E-state index in [0.717, 1.165) is 11.8 Å². The smallest absolute Gasteiger partial charge is 0.418 e. The molecular formula is C27H40BF4FeP2Rh+. The second kappa shape index (κ2) is 17.9. The molecule has 0 aromatic heterocycles. The largest absolute Gasteiger partial charge is 2.00 e. The van der Waals surface area contributed by atoms with Crippen LogP contribution in [0.5, 0.6) is 0 Å². The number of rotatable bonds is 2. The molecule has 0 aromatic rings. The first-order valence-electron chi connectivity index (χ1n) is 11.6. The Labute approximate surface area is 246 Å². The van der Waals surface area contributed by atoms with E-state index in [0.29, 0.717) is 10.3 Å². The number of fused-ring (bicyclic) bond motifs is 2. The van der Waals surface area contributed by atoms with Crippen LogP contribution in [0.15, 0.2) is 24.3 Å². The van der Waals surface area contributed by atoms with Crippen LogP contribution < -0.4 is 0 Å². The first-order chi connectivity index (χ1) is 15.5. The molecule has 4 rings (SSSR count). The molecule has 4 aliphatic carbocycles. The SMILES string of the molecule is C1=CC2C=CC1C2.C[P@]([C]1[CH][CH][CH][CH]1)C(C)(C)C.C[P@]([C]1[CH][CH][CH][CH]1)C(C)(C)C.F[B-](F)(F)F.[Fe+2].[Rh]. The summed E-state index contributed by atoms with van der Waals surface area (Å²) in [4.78, 5) is 0. The van der Waals surface area contributed by atoms with E-state index in [1.165, 1.54) is 17.7 Å². The van der Waals surface area contributed by atoms with Gasteiger partial charge in [0.25, 0.3) is 0 Å². The monoisotopic (exact) mass is 672 g/mol. The molecule has 0 spiro atoms. The zero-order valence-corrected chi connectivity index (χ0v) is 27.0. The van der Waals surface area contributed by atoms with Crippen LogP contribution in [-0.2, 0) is 36.5 Å². The molecule has 0 nitrogen and oxygen atoms in total. The molecule has 2 bridgehead atoms. The average Bonchev–Trinajstić information content (AvgIpc) is 3.51. The Hall–Kier alpha value is 1.27. The third-order valence-corrected chi connectivity index (χ3v) is 12.0. The predicted molar refractivity (Wildman–Crippen MR) is 146 cm³/mol. The summed E-state index contributed by atoms with van der Waals surface area (Å²) in [7, 11) is -5.96. The molecule has 0 saturated heterocycles. The second-order valence-corrected chi connectivity index (χ2v) is 16.5. The van der Waals surface area contributed by atoms with Crippen LogP contribution in [-0.4, -0.2) is 30.9 Å². The summed E-state index contributed by atoms with van der Waals surface area (Å²) in [6.45, 7) is 18.6. The zero-order chi connectivity index (χ0) is 26.2. The Bertz CT molecular complexity index is 569. The van der Waals surface area contributed by atoms with Crippen molar-refractivity contribution < 1.29 is 53.8 Å². The summed E-state index contributed by atoms with van der Waals surface area (Å²) < 4.78 is 39.0. The van der Waals surface area contributed by atoms with Crippen molar-refractivity contribution in [3.8, 4) is 0 Å². The molecular weight excluding hydrogens is 632 g/mol. The molecule has 0 aromatic carbocycles. The standard InChI is InChI=1S/2C10H16P.C7H8.BF4.Fe.Rh/c2*1-10(2,3)11(4)9-7-5-6-8-9;1-2-7-4-3-6(1)5-7;2-1(3,4)5;;/h2*5-8H,1-4H3;1-4,6-7H,5H2;;;/q;;;-1;+2;/t2*11-;;;;/m11..../s1. The Balaban J connectivity index is 0. The van der Waals surface area contributed by atoms with Crippen molar-refractivity contribution in [1.29, 1.82) is 0 Å². The topological polar surface area (TPSA) is 0 Å². The Morgan fingerprint density at radius 1 is 0.639 bits per heavy atom. The van der Waals surface area contributed by atoms with Crippen molar-refractivity contribution in [3.05, 3.63) is 87.0 Å². The van der Waals surface area contributed by atoms with Gasteiger partial charge in [0.05, 0.1) is 0 Å². The third kappa shape index (κ3) is 17.1. The van der Waals surface area contributed by atoms with E-state index in [1.807, 2.05) is 0 Å². The van der Waals surface area contributed by atoms with Crippen molar-refractivity contribution in [3.63, 3.8) is 0 Å². The van der Waals surface area contributed by atoms with Crippen LogP contribution in [0.3, 0.4) is 0 Å². The summed E-state index contributed by atoms with van der Waals surface area (Å²) in [5.74, 6) is 1.62. The molecule has 2 fully saturated rings. The first kappa shape index (κ1) is 39.4. The number of allylic oxidation sites excluding steroid dienone is 4. The minimum Gasteiger partial charge on any atom is -0.418 e. The molecule has 11 radical (unpaired) electrons. The van der Waals surface area contributed by atoms with Gasteiger partial charge < -0.3 is 17.3 Å². The molecule has 205 valence electrons. The summed E-state index contributed by atoms with van der Waals surface area (Å²) in [5, 5.41) is 0.896. The van der Waals surface area contributed by atoms with Gasteiger partial charge in [0.1, 0.15) is 0 Å². The summed E-state index contributed by atoms with van der Waals surface area (Å²) in [5.41, 5.74) is 3.04. The summed E-state index contributed by atoms with van der Waals surface area (Å²) in [6.07, 6.45) is 28.0. The van der Waals surface area contributed by atoms with Gasteiger partial charge in [0.2, 0.25) is 0 Å². The normalized spacial score (nSPS) is 24.8. The van der Waals surface area contributed by atoms with E-state index in [2.05, 4.69) is 131 Å². The van der Waals surface area contributed by atoms with Gasteiger partial charge >= 0.3 is 24.3 Å². The third-order valence-electron chi connectivity index (χ3n) is 5.83. The van der Waals surface area contributed by atoms with Crippen molar-refractivity contribution in [2.45, 2.75) is 58.3 Å². The molecule has 2 atom stereocenters. The molecule has 9 heteroatoms. The summed E-state index contributed by atoms with van der Waals surface area (Å²) >= 11 is 0.